The van der Waals surface area contributed by atoms with E-state index < -0.39 is 10.0 Å². The second kappa shape index (κ2) is 4.79. The molecule has 2 unspecified atom stereocenters. The van der Waals surface area contributed by atoms with Crippen molar-refractivity contribution in [1.82, 2.24) is 9.29 Å². The molecular weight excluding hydrogens is 272 g/mol. The molecule has 7 heteroatoms. The van der Waals surface area contributed by atoms with E-state index in [0.717, 1.165) is 24.2 Å². The Balaban J connectivity index is 2.42. The Labute approximate surface area is 111 Å². The largest absolute Gasteiger partial charge is 0.315 e. The third-order valence-electron chi connectivity index (χ3n) is 3.38. The molecule has 18 heavy (non-hydrogen) atoms. The summed E-state index contributed by atoms with van der Waals surface area (Å²) in [4.78, 5) is 13.5. The van der Waals surface area contributed by atoms with Crippen LogP contribution in [-0.2, 0) is 10.0 Å². The van der Waals surface area contributed by atoms with Crippen molar-refractivity contribution in [3.63, 3.8) is 0 Å². The maximum Gasteiger partial charge on any atom is 0.305 e. The lowest BCUT2D eigenvalue weighted by Gasteiger charge is -2.35. The molecule has 0 aliphatic carbocycles. The monoisotopic (exact) mass is 290 g/mol. The smallest absolute Gasteiger partial charge is 0.305 e. The molecule has 0 radical (unpaired) electrons. The zero-order valence-electron chi connectivity index (χ0n) is 10.8. The van der Waals surface area contributed by atoms with Crippen molar-refractivity contribution in [3.8, 4) is 0 Å². The molecule has 102 valence electrons. The molecule has 2 rings (SSSR count). The Morgan fingerprint density at radius 3 is 2.56 bits per heavy atom. The van der Waals surface area contributed by atoms with Crippen LogP contribution in [0.2, 0.25) is 0 Å². The number of aryl methyl sites for hydroxylation is 1. The van der Waals surface area contributed by atoms with Gasteiger partial charge in [-0.05, 0) is 32.6 Å². The molecule has 0 amide bonds. The molecule has 2 heterocycles. The number of hydrogen-bond donors (Lipinski definition) is 1. The summed E-state index contributed by atoms with van der Waals surface area (Å²) >= 11 is 0.777. The van der Waals surface area contributed by atoms with Crippen LogP contribution in [0.25, 0.3) is 0 Å². The average Bonchev–Trinajstić information content (AvgIpc) is 2.62. The lowest BCUT2D eigenvalue weighted by molar-refractivity contribution is 0.218. The Kier molecular flexibility index (Phi) is 3.66. The molecule has 1 N–H and O–H groups in total. The van der Waals surface area contributed by atoms with Crippen LogP contribution in [0.1, 0.15) is 32.4 Å². The van der Waals surface area contributed by atoms with Crippen LogP contribution in [-0.4, -0.2) is 30.3 Å². The van der Waals surface area contributed by atoms with Gasteiger partial charge in [0.05, 0.1) is 0 Å². The minimum Gasteiger partial charge on any atom is -0.315 e. The summed E-state index contributed by atoms with van der Waals surface area (Å²) < 4.78 is 26.8. The van der Waals surface area contributed by atoms with Gasteiger partial charge in [0.15, 0.2) is 4.21 Å². The van der Waals surface area contributed by atoms with Crippen molar-refractivity contribution in [2.24, 2.45) is 5.92 Å². The van der Waals surface area contributed by atoms with Gasteiger partial charge in [-0.3, -0.25) is 4.79 Å². The molecule has 0 saturated carbocycles. The Hall–Kier alpha value is -0.660. The van der Waals surface area contributed by atoms with E-state index >= 15 is 0 Å². The molecule has 1 fully saturated rings. The number of piperidine rings is 1. The fourth-order valence-electron chi connectivity index (χ4n) is 2.33. The van der Waals surface area contributed by atoms with Crippen LogP contribution < -0.4 is 4.87 Å². The average molecular weight is 290 g/mol. The first kappa shape index (κ1) is 13.8. The van der Waals surface area contributed by atoms with E-state index in [1.165, 1.54) is 4.31 Å². The van der Waals surface area contributed by atoms with Crippen LogP contribution in [0, 0.1) is 12.8 Å². The fraction of sp³-hybridized carbons (Fsp3) is 0.727. The van der Waals surface area contributed by atoms with Crippen LogP contribution in [0.4, 0.5) is 0 Å². The number of thiazole rings is 1. The van der Waals surface area contributed by atoms with Gasteiger partial charge in [0.1, 0.15) is 0 Å². The lowest BCUT2D eigenvalue weighted by atomic mass is 9.97. The van der Waals surface area contributed by atoms with Crippen molar-refractivity contribution in [2.75, 3.05) is 6.54 Å². The summed E-state index contributed by atoms with van der Waals surface area (Å²) in [5.74, 6) is 0.368. The summed E-state index contributed by atoms with van der Waals surface area (Å²) in [5.41, 5.74) is 0.440. The second-order valence-corrected chi connectivity index (χ2v) is 8.10. The highest BCUT2D eigenvalue weighted by Gasteiger charge is 2.35. The van der Waals surface area contributed by atoms with E-state index in [4.69, 9.17) is 0 Å². The molecule has 0 aromatic carbocycles. The maximum atomic E-state index is 12.6. The molecule has 1 saturated heterocycles. The zero-order chi connectivity index (χ0) is 13.5. The molecule has 5 nitrogen and oxygen atoms in total. The van der Waals surface area contributed by atoms with Gasteiger partial charge in [0, 0.05) is 18.3 Å². The first-order chi connectivity index (χ1) is 8.32. The molecule has 0 spiro atoms. The van der Waals surface area contributed by atoms with Crippen LogP contribution in [0.5, 0.6) is 0 Å². The van der Waals surface area contributed by atoms with E-state index in [1.54, 1.807) is 6.92 Å². The number of nitrogens with zero attached hydrogens (tertiary/aromatic N) is 1. The quantitative estimate of drug-likeness (QED) is 0.898. The fourth-order valence-corrected chi connectivity index (χ4v) is 5.52. The molecule has 1 aliphatic heterocycles. The predicted molar refractivity (Wildman–Crippen MR) is 71.4 cm³/mol. The van der Waals surface area contributed by atoms with Gasteiger partial charge in [-0.1, -0.05) is 18.3 Å². The van der Waals surface area contributed by atoms with Crippen molar-refractivity contribution in [3.05, 3.63) is 15.4 Å². The van der Waals surface area contributed by atoms with Gasteiger partial charge in [0.25, 0.3) is 10.0 Å². The maximum absolute atomic E-state index is 12.6. The number of sulfonamides is 1. The number of nitrogens with one attached hydrogen (secondary N) is 1. The van der Waals surface area contributed by atoms with E-state index in [2.05, 4.69) is 11.9 Å². The molecule has 1 aromatic rings. The highest BCUT2D eigenvalue weighted by molar-refractivity contribution is 7.91. The van der Waals surface area contributed by atoms with E-state index in [0.29, 0.717) is 18.2 Å². The number of rotatable bonds is 2. The number of aromatic nitrogens is 1. The third kappa shape index (κ3) is 2.39. The summed E-state index contributed by atoms with van der Waals surface area (Å²) in [6, 6.07) is 0.00259. The second-order valence-electron chi connectivity index (χ2n) is 5.03. The third-order valence-corrected chi connectivity index (χ3v) is 6.95. The van der Waals surface area contributed by atoms with Crippen LogP contribution in [0.15, 0.2) is 9.00 Å². The van der Waals surface area contributed by atoms with E-state index in [9.17, 15) is 13.2 Å². The zero-order valence-corrected chi connectivity index (χ0v) is 12.4. The lowest BCUT2D eigenvalue weighted by Crippen LogP contribution is -2.44. The number of aromatic amines is 1. The van der Waals surface area contributed by atoms with E-state index in [1.807, 2.05) is 6.92 Å². The number of hydrogen-bond acceptors (Lipinski definition) is 4. The van der Waals surface area contributed by atoms with Gasteiger partial charge in [-0.25, -0.2) is 8.42 Å². The van der Waals surface area contributed by atoms with Crippen molar-refractivity contribution < 1.29 is 8.42 Å². The summed E-state index contributed by atoms with van der Waals surface area (Å²) in [6.45, 7) is 6.15. The summed E-state index contributed by atoms with van der Waals surface area (Å²) in [5, 5.41) is 0. The first-order valence-electron chi connectivity index (χ1n) is 6.04. The topological polar surface area (TPSA) is 70.2 Å². The standard InChI is InChI=1S/C11H18N2O3S2/c1-7-4-5-8(2)13(6-7)18(15,16)10-9(3)12-11(14)17-10/h7-8H,4-6H2,1-3H3,(H,12,14). The Morgan fingerprint density at radius 2 is 2.00 bits per heavy atom. The van der Waals surface area contributed by atoms with E-state index in [-0.39, 0.29) is 15.1 Å². The van der Waals surface area contributed by atoms with Crippen LogP contribution >= 0.6 is 11.3 Å². The minimum atomic E-state index is -3.53. The minimum absolute atomic E-state index is 0.00259. The normalized spacial score (nSPS) is 26.4. The highest BCUT2D eigenvalue weighted by atomic mass is 32.2. The van der Waals surface area contributed by atoms with Gasteiger partial charge in [-0.2, -0.15) is 4.31 Å². The van der Waals surface area contributed by atoms with Crippen LogP contribution in [0.3, 0.4) is 0 Å². The van der Waals surface area contributed by atoms with Gasteiger partial charge >= 0.3 is 4.87 Å². The van der Waals surface area contributed by atoms with Crippen molar-refractivity contribution >= 4 is 21.4 Å². The molecule has 0 bridgehead atoms. The predicted octanol–water partition coefficient (Wildman–Crippen LogP) is 1.55. The van der Waals surface area contributed by atoms with Gasteiger partial charge in [0.2, 0.25) is 0 Å². The van der Waals surface area contributed by atoms with Gasteiger partial charge in [-0.15, -0.1) is 0 Å². The molecule has 1 aromatic heterocycles. The molecule has 1 aliphatic rings. The van der Waals surface area contributed by atoms with Gasteiger partial charge < -0.3 is 4.98 Å². The van der Waals surface area contributed by atoms with Crippen molar-refractivity contribution in [2.45, 2.75) is 43.9 Å². The SMILES string of the molecule is Cc1[nH]c(=O)sc1S(=O)(=O)N1CC(C)CCC1C. The summed E-state index contributed by atoms with van der Waals surface area (Å²) in [7, 11) is -3.53. The summed E-state index contributed by atoms with van der Waals surface area (Å²) in [6.07, 6.45) is 1.92. The first-order valence-corrected chi connectivity index (χ1v) is 8.29. The van der Waals surface area contributed by atoms with Crippen molar-refractivity contribution in [1.29, 1.82) is 0 Å². The molecule has 2 atom stereocenters. The highest BCUT2D eigenvalue weighted by Crippen LogP contribution is 2.29. The number of H-pyrrole nitrogens is 1. The Morgan fingerprint density at radius 1 is 1.33 bits per heavy atom. The molecular formula is C11H18N2O3S2. The Bertz CT molecular complexity index is 588.